The minimum Gasteiger partial charge on any atom is -0.355 e. The predicted molar refractivity (Wildman–Crippen MR) is 129 cm³/mol. The average molecular weight is 486 g/mol. The molecule has 3 rings (SSSR count). The van der Waals surface area contributed by atoms with Crippen molar-refractivity contribution in [2.24, 2.45) is 0 Å². The largest absolute Gasteiger partial charge is 0.355 e. The predicted octanol–water partition coefficient (Wildman–Crippen LogP) is 3.15. The van der Waals surface area contributed by atoms with Gasteiger partial charge in [-0.3, -0.25) is 9.59 Å². The molecule has 3 aromatic rings. The molecule has 1 atom stereocenters. The van der Waals surface area contributed by atoms with Crippen LogP contribution in [0.25, 0.3) is 10.8 Å². The van der Waals surface area contributed by atoms with E-state index in [4.69, 9.17) is 0 Å². The number of nitrogens with one attached hydrogen (secondary N) is 1. The summed E-state index contributed by atoms with van der Waals surface area (Å²) >= 11 is 0. The molecule has 7 nitrogen and oxygen atoms in total. The molecule has 0 radical (unpaired) electrons. The Balaban J connectivity index is 1.84. The lowest BCUT2D eigenvalue weighted by Gasteiger charge is -2.30. The summed E-state index contributed by atoms with van der Waals surface area (Å²) in [6, 6.07) is 16.9. The molecule has 9 heteroatoms. The maximum absolute atomic E-state index is 13.3. The molecule has 0 fully saturated rings. The quantitative estimate of drug-likeness (QED) is 0.505. The van der Waals surface area contributed by atoms with Crippen LogP contribution >= 0.6 is 0 Å². The number of amides is 2. The fourth-order valence-corrected chi connectivity index (χ4v) is 4.72. The first-order valence-corrected chi connectivity index (χ1v) is 12.3. The Hall–Kier alpha value is -3.30. The van der Waals surface area contributed by atoms with E-state index in [1.807, 2.05) is 24.3 Å². The third-order valence-corrected chi connectivity index (χ3v) is 7.37. The van der Waals surface area contributed by atoms with E-state index in [-0.39, 0.29) is 17.3 Å². The van der Waals surface area contributed by atoms with Crippen molar-refractivity contribution in [1.29, 1.82) is 0 Å². The molecular weight excluding hydrogens is 457 g/mol. The highest BCUT2D eigenvalue weighted by Crippen LogP contribution is 2.21. The van der Waals surface area contributed by atoms with Crippen molar-refractivity contribution in [2.45, 2.75) is 31.3 Å². The van der Waals surface area contributed by atoms with Crippen molar-refractivity contribution in [1.82, 2.24) is 14.5 Å². The summed E-state index contributed by atoms with van der Waals surface area (Å²) in [5, 5.41) is 4.35. The first-order valence-electron chi connectivity index (χ1n) is 10.9. The van der Waals surface area contributed by atoms with Gasteiger partial charge in [0.1, 0.15) is 11.9 Å². The number of fused-ring (bicyclic) bond motifs is 1. The van der Waals surface area contributed by atoms with E-state index in [9.17, 15) is 22.4 Å². The highest BCUT2D eigenvalue weighted by molar-refractivity contribution is 7.89. The molecule has 0 aliphatic heterocycles. The summed E-state index contributed by atoms with van der Waals surface area (Å²) < 4.78 is 40.6. The topological polar surface area (TPSA) is 86.8 Å². The van der Waals surface area contributed by atoms with Crippen molar-refractivity contribution in [3.05, 3.63) is 78.1 Å². The summed E-state index contributed by atoms with van der Waals surface area (Å²) in [6.07, 6.45) is 0. The first-order chi connectivity index (χ1) is 16.1. The second-order valence-electron chi connectivity index (χ2n) is 7.99. The SMILES string of the molecule is CCNC(=O)[C@@H](C)N(Cc1ccc(F)cc1)C(=O)CN(C)S(=O)(=O)c1ccc2ccccc2c1. The minimum atomic E-state index is -3.96. The molecule has 0 saturated heterocycles. The molecule has 0 bridgehead atoms. The van der Waals surface area contributed by atoms with Crippen LogP contribution in [0.4, 0.5) is 4.39 Å². The Morgan fingerprint density at radius 3 is 2.29 bits per heavy atom. The monoisotopic (exact) mass is 485 g/mol. The molecule has 34 heavy (non-hydrogen) atoms. The lowest BCUT2D eigenvalue weighted by Crippen LogP contribution is -2.50. The van der Waals surface area contributed by atoms with Crippen LogP contribution in [0.3, 0.4) is 0 Å². The van der Waals surface area contributed by atoms with Gasteiger partial charge in [-0.25, -0.2) is 12.8 Å². The van der Waals surface area contributed by atoms with Gasteiger partial charge in [-0.05, 0) is 54.4 Å². The zero-order chi connectivity index (χ0) is 24.9. The van der Waals surface area contributed by atoms with Gasteiger partial charge >= 0.3 is 0 Å². The minimum absolute atomic E-state index is 0.0290. The molecular formula is C25H28FN3O4S. The number of rotatable bonds is 9. The molecule has 0 aliphatic carbocycles. The summed E-state index contributed by atoms with van der Waals surface area (Å²) in [6.45, 7) is 3.30. The summed E-state index contributed by atoms with van der Waals surface area (Å²) in [4.78, 5) is 27.1. The van der Waals surface area contributed by atoms with E-state index in [0.29, 0.717) is 12.1 Å². The number of halogens is 1. The third-order valence-electron chi connectivity index (χ3n) is 5.57. The first kappa shape index (κ1) is 25.3. The van der Waals surface area contributed by atoms with Gasteiger partial charge in [-0.2, -0.15) is 4.31 Å². The average Bonchev–Trinajstić information content (AvgIpc) is 2.82. The van der Waals surface area contributed by atoms with Crippen LogP contribution in [-0.2, 0) is 26.2 Å². The maximum atomic E-state index is 13.3. The zero-order valence-corrected chi connectivity index (χ0v) is 20.2. The second-order valence-corrected chi connectivity index (χ2v) is 10.0. The zero-order valence-electron chi connectivity index (χ0n) is 19.4. The smallest absolute Gasteiger partial charge is 0.243 e. The van der Waals surface area contributed by atoms with Crippen LogP contribution in [0, 0.1) is 5.82 Å². The Bertz CT molecular complexity index is 1280. The molecule has 1 N–H and O–H groups in total. The van der Waals surface area contributed by atoms with Crippen LogP contribution in [-0.4, -0.2) is 55.6 Å². The lowest BCUT2D eigenvalue weighted by atomic mass is 10.1. The van der Waals surface area contributed by atoms with Crippen LogP contribution in [0.5, 0.6) is 0 Å². The molecule has 0 aromatic heterocycles. The Kier molecular flexibility index (Phi) is 8.01. The van der Waals surface area contributed by atoms with Crippen molar-refractivity contribution < 1.29 is 22.4 Å². The fraction of sp³-hybridized carbons (Fsp3) is 0.280. The van der Waals surface area contributed by atoms with Crippen LogP contribution in [0.1, 0.15) is 19.4 Å². The van der Waals surface area contributed by atoms with E-state index in [2.05, 4.69) is 5.32 Å². The van der Waals surface area contributed by atoms with E-state index in [1.165, 1.54) is 42.3 Å². The molecule has 2 amide bonds. The molecule has 3 aromatic carbocycles. The van der Waals surface area contributed by atoms with Gasteiger partial charge < -0.3 is 10.2 Å². The molecule has 0 saturated carbocycles. The number of hydrogen-bond acceptors (Lipinski definition) is 4. The number of sulfonamides is 1. The molecule has 0 aliphatic rings. The highest BCUT2D eigenvalue weighted by Gasteiger charge is 2.30. The summed E-state index contributed by atoms with van der Waals surface area (Å²) in [5.74, 6) is -1.33. The van der Waals surface area contributed by atoms with Gasteiger partial charge in [0.2, 0.25) is 21.8 Å². The Labute approximate surface area is 199 Å². The van der Waals surface area contributed by atoms with E-state index in [0.717, 1.165) is 15.1 Å². The van der Waals surface area contributed by atoms with Crippen molar-refractivity contribution >= 4 is 32.6 Å². The number of hydrogen-bond donors (Lipinski definition) is 1. The molecule has 0 unspecified atom stereocenters. The Morgan fingerprint density at radius 1 is 1.00 bits per heavy atom. The van der Waals surface area contributed by atoms with Gasteiger partial charge in [-0.1, -0.05) is 42.5 Å². The molecule has 180 valence electrons. The summed E-state index contributed by atoms with van der Waals surface area (Å²) in [7, 11) is -2.63. The fourth-order valence-electron chi connectivity index (χ4n) is 3.57. The molecule has 0 heterocycles. The standard InChI is InChI=1S/C25H28FN3O4S/c1-4-27-25(31)18(2)29(16-19-9-12-22(26)13-10-19)24(30)17-28(3)34(32,33)23-14-11-20-7-5-6-8-21(20)15-23/h5-15,18H,4,16-17H2,1-3H3,(H,27,31)/t18-/m1/s1. The molecule has 0 spiro atoms. The van der Waals surface area contributed by atoms with Gasteiger partial charge in [0.15, 0.2) is 0 Å². The van der Waals surface area contributed by atoms with Gasteiger partial charge in [-0.15, -0.1) is 0 Å². The number of likely N-dealkylation sites (N-methyl/N-ethyl adjacent to an activating group) is 2. The number of nitrogens with zero attached hydrogens (tertiary/aromatic N) is 2. The van der Waals surface area contributed by atoms with Gasteiger partial charge in [0, 0.05) is 20.1 Å². The number of benzene rings is 3. The number of carbonyl (C=O) groups is 2. The van der Waals surface area contributed by atoms with Crippen molar-refractivity contribution in [3.63, 3.8) is 0 Å². The van der Waals surface area contributed by atoms with E-state index >= 15 is 0 Å². The second kappa shape index (κ2) is 10.8. The third kappa shape index (κ3) is 5.78. The van der Waals surface area contributed by atoms with Gasteiger partial charge in [0.05, 0.1) is 11.4 Å². The lowest BCUT2D eigenvalue weighted by molar-refractivity contribution is -0.140. The van der Waals surface area contributed by atoms with Crippen LogP contribution in [0.2, 0.25) is 0 Å². The van der Waals surface area contributed by atoms with Crippen molar-refractivity contribution in [3.8, 4) is 0 Å². The van der Waals surface area contributed by atoms with Gasteiger partial charge in [0.25, 0.3) is 0 Å². The van der Waals surface area contributed by atoms with Crippen LogP contribution in [0.15, 0.2) is 71.6 Å². The normalized spacial score (nSPS) is 12.5. The van der Waals surface area contributed by atoms with E-state index < -0.39 is 34.3 Å². The highest BCUT2D eigenvalue weighted by atomic mass is 32.2. The maximum Gasteiger partial charge on any atom is 0.243 e. The Morgan fingerprint density at radius 2 is 1.65 bits per heavy atom. The number of carbonyl (C=O) groups excluding carboxylic acids is 2. The summed E-state index contributed by atoms with van der Waals surface area (Å²) in [5.41, 5.74) is 0.617. The van der Waals surface area contributed by atoms with E-state index in [1.54, 1.807) is 26.0 Å². The van der Waals surface area contributed by atoms with Crippen molar-refractivity contribution in [2.75, 3.05) is 20.1 Å². The van der Waals surface area contributed by atoms with Crippen LogP contribution < -0.4 is 5.32 Å².